The monoisotopic (exact) mass is 481 g/mol. The number of allylic oxidation sites excluding steroid dienone is 1. The molecule has 1 saturated heterocycles. The molecule has 1 fully saturated rings. The molecule has 2 aromatic heterocycles. The molecular formula is C21H27N3O4S3. The van der Waals surface area contributed by atoms with Gasteiger partial charge in [-0.2, -0.15) is 0 Å². The number of fused-ring (bicyclic) bond motifs is 3. The summed E-state index contributed by atoms with van der Waals surface area (Å²) in [6.45, 7) is 6.33. The highest BCUT2D eigenvalue weighted by atomic mass is 32.2. The Hall–Kier alpha value is -1.65. The number of carbonyl (C=O) groups excluding carboxylic acids is 1. The normalized spacial score (nSPS) is 22.4. The van der Waals surface area contributed by atoms with Gasteiger partial charge in [0.05, 0.1) is 22.6 Å². The van der Waals surface area contributed by atoms with Gasteiger partial charge in [0.2, 0.25) is 5.91 Å². The van der Waals surface area contributed by atoms with E-state index >= 15 is 0 Å². The fraction of sp³-hybridized carbons (Fsp3) is 0.571. The van der Waals surface area contributed by atoms with Gasteiger partial charge < -0.3 is 4.90 Å². The number of sulfone groups is 1. The van der Waals surface area contributed by atoms with Crippen LogP contribution in [0.3, 0.4) is 0 Å². The summed E-state index contributed by atoms with van der Waals surface area (Å²) in [5.41, 5.74) is 1.07. The van der Waals surface area contributed by atoms with Crippen LogP contribution in [0.5, 0.6) is 0 Å². The lowest BCUT2D eigenvalue weighted by Gasteiger charge is -2.23. The molecule has 0 saturated carbocycles. The number of thiophene rings is 1. The highest BCUT2D eigenvalue weighted by Crippen LogP contribution is 2.36. The molecule has 0 radical (unpaired) electrons. The highest BCUT2D eigenvalue weighted by molar-refractivity contribution is 7.99. The Balaban J connectivity index is 1.59. The summed E-state index contributed by atoms with van der Waals surface area (Å²) >= 11 is 2.82. The molecule has 0 N–H and O–H groups in total. The maximum absolute atomic E-state index is 13.3. The predicted molar refractivity (Wildman–Crippen MR) is 126 cm³/mol. The van der Waals surface area contributed by atoms with E-state index in [2.05, 4.69) is 13.5 Å². The Labute approximate surface area is 190 Å². The first-order chi connectivity index (χ1) is 14.7. The van der Waals surface area contributed by atoms with E-state index in [1.54, 1.807) is 29.0 Å². The minimum Gasteiger partial charge on any atom is -0.341 e. The van der Waals surface area contributed by atoms with Crippen LogP contribution in [-0.4, -0.2) is 59.1 Å². The summed E-state index contributed by atoms with van der Waals surface area (Å²) < 4.78 is 25.1. The number of hydrogen-bond acceptors (Lipinski definition) is 7. The zero-order valence-corrected chi connectivity index (χ0v) is 20.2. The summed E-state index contributed by atoms with van der Waals surface area (Å²) in [5, 5.41) is 1.22. The molecule has 10 heteroatoms. The van der Waals surface area contributed by atoms with Crippen LogP contribution in [0.15, 0.2) is 22.6 Å². The summed E-state index contributed by atoms with van der Waals surface area (Å²) in [6.07, 6.45) is 5.10. The molecule has 2 unspecified atom stereocenters. The Morgan fingerprint density at radius 2 is 2.19 bits per heavy atom. The zero-order valence-electron chi connectivity index (χ0n) is 17.8. The smallest absolute Gasteiger partial charge is 0.263 e. The number of rotatable bonds is 6. The van der Waals surface area contributed by atoms with Gasteiger partial charge in [0, 0.05) is 24.5 Å². The van der Waals surface area contributed by atoms with E-state index in [4.69, 9.17) is 4.98 Å². The van der Waals surface area contributed by atoms with Gasteiger partial charge in [-0.1, -0.05) is 24.8 Å². The van der Waals surface area contributed by atoms with Crippen LogP contribution in [0.2, 0.25) is 0 Å². The molecule has 3 heterocycles. The fourth-order valence-corrected chi connectivity index (χ4v) is 8.45. The van der Waals surface area contributed by atoms with Crippen LogP contribution in [0.4, 0.5) is 0 Å². The summed E-state index contributed by atoms with van der Waals surface area (Å²) in [5.74, 6) is 0.693. The number of hydrogen-bond donors (Lipinski definition) is 0. The van der Waals surface area contributed by atoms with Crippen LogP contribution < -0.4 is 5.56 Å². The fourth-order valence-electron chi connectivity index (χ4n) is 4.32. The lowest BCUT2D eigenvalue weighted by atomic mass is 9.89. The Morgan fingerprint density at radius 1 is 1.42 bits per heavy atom. The predicted octanol–water partition coefficient (Wildman–Crippen LogP) is 2.51. The molecule has 7 nitrogen and oxygen atoms in total. The second-order valence-corrected chi connectivity index (χ2v) is 12.7. The summed E-state index contributed by atoms with van der Waals surface area (Å²) in [7, 11) is -1.41. The van der Waals surface area contributed by atoms with E-state index < -0.39 is 9.84 Å². The van der Waals surface area contributed by atoms with Crippen molar-refractivity contribution in [2.24, 2.45) is 5.92 Å². The van der Waals surface area contributed by atoms with E-state index in [1.807, 2.05) is 0 Å². The SMILES string of the molecule is C=CCn1c(SCC(=O)N(C)C2CCS(=O)(=O)C2)nc2sc3c(c2c1=O)CCC(C)C3. The van der Waals surface area contributed by atoms with Crippen molar-refractivity contribution in [2.45, 2.75) is 50.4 Å². The van der Waals surface area contributed by atoms with Gasteiger partial charge in [-0.3, -0.25) is 14.2 Å². The second-order valence-electron chi connectivity index (χ2n) is 8.48. The van der Waals surface area contributed by atoms with Crippen molar-refractivity contribution in [3.8, 4) is 0 Å². The molecule has 0 spiro atoms. The standard InChI is InChI=1S/C21H27N3O4S3/c1-4-8-24-20(26)18-15-6-5-13(2)10-16(15)30-19(18)22-21(24)29-11-17(25)23(3)14-7-9-31(27,28)12-14/h4,13-14H,1,5-12H2,2-3H3. The van der Waals surface area contributed by atoms with E-state index in [9.17, 15) is 18.0 Å². The van der Waals surface area contributed by atoms with Gasteiger partial charge >= 0.3 is 0 Å². The first kappa shape index (κ1) is 22.5. The number of amides is 1. The molecule has 2 aromatic rings. The summed E-state index contributed by atoms with van der Waals surface area (Å²) in [6, 6.07) is -0.282. The molecule has 2 aliphatic rings. The first-order valence-corrected chi connectivity index (χ1v) is 14.1. The van der Waals surface area contributed by atoms with Gasteiger partial charge in [0.1, 0.15) is 4.83 Å². The maximum atomic E-state index is 13.3. The third-order valence-corrected chi connectivity index (χ3v) is 10.0. The largest absolute Gasteiger partial charge is 0.341 e. The van der Waals surface area contributed by atoms with Gasteiger partial charge in [-0.25, -0.2) is 13.4 Å². The van der Waals surface area contributed by atoms with Crippen LogP contribution >= 0.6 is 23.1 Å². The van der Waals surface area contributed by atoms with E-state index in [0.717, 1.165) is 35.0 Å². The van der Waals surface area contributed by atoms with Crippen LogP contribution in [0.1, 0.15) is 30.2 Å². The average Bonchev–Trinajstić information content (AvgIpc) is 3.26. The van der Waals surface area contributed by atoms with Gasteiger partial charge in [-0.15, -0.1) is 17.9 Å². The van der Waals surface area contributed by atoms with E-state index in [0.29, 0.717) is 24.0 Å². The maximum Gasteiger partial charge on any atom is 0.263 e. The lowest BCUT2D eigenvalue weighted by Crippen LogP contribution is -2.39. The van der Waals surface area contributed by atoms with Crippen molar-refractivity contribution < 1.29 is 13.2 Å². The molecule has 0 bridgehead atoms. The van der Waals surface area contributed by atoms with Crippen molar-refractivity contribution in [1.29, 1.82) is 0 Å². The molecule has 2 atom stereocenters. The zero-order chi connectivity index (χ0) is 22.3. The molecule has 4 rings (SSSR count). The highest BCUT2D eigenvalue weighted by Gasteiger charge is 2.33. The van der Waals surface area contributed by atoms with Crippen LogP contribution in [-0.2, 0) is 34.0 Å². The van der Waals surface area contributed by atoms with Gasteiger partial charge in [-0.05, 0) is 37.2 Å². The Bertz CT molecular complexity index is 1200. The molecule has 31 heavy (non-hydrogen) atoms. The molecule has 1 aliphatic heterocycles. The van der Waals surface area contributed by atoms with Crippen molar-refractivity contribution in [2.75, 3.05) is 24.3 Å². The van der Waals surface area contributed by atoms with Crippen molar-refractivity contribution >= 4 is 49.1 Å². The van der Waals surface area contributed by atoms with Crippen molar-refractivity contribution in [1.82, 2.24) is 14.5 Å². The van der Waals surface area contributed by atoms with Gasteiger partial charge in [0.25, 0.3) is 5.56 Å². The Kier molecular flexibility index (Phi) is 6.33. The van der Waals surface area contributed by atoms with Crippen molar-refractivity contribution in [3.05, 3.63) is 33.4 Å². The van der Waals surface area contributed by atoms with Crippen LogP contribution in [0.25, 0.3) is 10.2 Å². The second kappa shape index (κ2) is 8.71. The van der Waals surface area contributed by atoms with E-state index in [1.165, 1.54) is 21.5 Å². The Morgan fingerprint density at radius 3 is 2.87 bits per heavy atom. The molecule has 0 aromatic carbocycles. The van der Waals surface area contributed by atoms with Crippen molar-refractivity contribution in [3.63, 3.8) is 0 Å². The third-order valence-electron chi connectivity index (χ3n) is 6.17. The average molecular weight is 482 g/mol. The first-order valence-electron chi connectivity index (χ1n) is 10.4. The van der Waals surface area contributed by atoms with Crippen LogP contribution in [0, 0.1) is 5.92 Å². The topological polar surface area (TPSA) is 89.3 Å². The lowest BCUT2D eigenvalue weighted by molar-refractivity contribution is -0.128. The summed E-state index contributed by atoms with van der Waals surface area (Å²) in [4.78, 5) is 34.3. The molecule has 168 valence electrons. The number of aromatic nitrogens is 2. The number of carbonyl (C=O) groups is 1. The minimum atomic E-state index is -3.06. The number of aryl methyl sites for hydroxylation is 1. The third kappa shape index (κ3) is 4.47. The molecule has 1 amide bonds. The van der Waals surface area contributed by atoms with E-state index in [-0.39, 0.29) is 34.8 Å². The number of nitrogens with zero attached hydrogens (tertiary/aromatic N) is 3. The molecular weight excluding hydrogens is 454 g/mol. The number of thioether (sulfide) groups is 1. The quantitative estimate of drug-likeness (QED) is 0.358. The van der Waals surface area contributed by atoms with Gasteiger partial charge in [0.15, 0.2) is 15.0 Å². The minimum absolute atomic E-state index is 0.0183. The molecule has 1 aliphatic carbocycles.